The molecule has 0 aliphatic heterocycles. The Morgan fingerprint density at radius 1 is 1.38 bits per heavy atom. The number of rotatable bonds is 5. The van der Waals surface area contributed by atoms with Crippen molar-refractivity contribution < 1.29 is 4.74 Å². The molecule has 2 heteroatoms. The molecule has 0 fully saturated rings. The molecule has 0 heterocycles. The summed E-state index contributed by atoms with van der Waals surface area (Å²) in [6.45, 7) is 2.71. The van der Waals surface area contributed by atoms with Gasteiger partial charge in [0, 0.05) is 5.88 Å². The normalized spacial score (nSPS) is 10.0. The topological polar surface area (TPSA) is 9.23 Å². The van der Waals surface area contributed by atoms with Gasteiger partial charge in [-0.2, -0.15) is 0 Å². The van der Waals surface area contributed by atoms with Crippen LogP contribution < -0.4 is 4.74 Å². The number of aryl methyl sites for hydroxylation is 1. The third-order valence-corrected chi connectivity index (χ3v) is 2.08. The monoisotopic (exact) mass is 198 g/mol. The van der Waals surface area contributed by atoms with Crippen molar-refractivity contribution in [2.75, 3.05) is 12.5 Å². The Morgan fingerprint density at radius 3 is 2.92 bits per heavy atom. The van der Waals surface area contributed by atoms with E-state index in [0.29, 0.717) is 0 Å². The van der Waals surface area contributed by atoms with E-state index >= 15 is 0 Å². The van der Waals surface area contributed by atoms with Crippen molar-refractivity contribution in [2.24, 2.45) is 0 Å². The van der Waals surface area contributed by atoms with Crippen LogP contribution in [0.5, 0.6) is 5.75 Å². The van der Waals surface area contributed by atoms with Gasteiger partial charge in [0.1, 0.15) is 5.75 Å². The van der Waals surface area contributed by atoms with Crippen LogP contribution in [0.3, 0.4) is 0 Å². The van der Waals surface area contributed by atoms with Gasteiger partial charge in [0.15, 0.2) is 0 Å². The number of halogens is 1. The van der Waals surface area contributed by atoms with E-state index in [9.17, 15) is 0 Å². The summed E-state index contributed by atoms with van der Waals surface area (Å²) in [7, 11) is 0. The summed E-state index contributed by atoms with van der Waals surface area (Å²) in [6, 6.07) is 8.19. The average Bonchev–Trinajstić information content (AvgIpc) is 2.16. The van der Waals surface area contributed by atoms with Crippen molar-refractivity contribution in [3.05, 3.63) is 29.8 Å². The molecule has 13 heavy (non-hydrogen) atoms. The summed E-state index contributed by atoms with van der Waals surface area (Å²) < 4.78 is 5.39. The Kier molecular flexibility index (Phi) is 4.69. The Labute approximate surface area is 84.7 Å². The molecule has 0 aliphatic carbocycles. The minimum absolute atomic E-state index is 0.721. The Morgan fingerprint density at radius 2 is 2.23 bits per heavy atom. The average molecular weight is 199 g/mol. The van der Waals surface area contributed by atoms with E-state index in [4.69, 9.17) is 16.3 Å². The zero-order valence-electron chi connectivity index (χ0n) is 7.92. The van der Waals surface area contributed by atoms with Crippen LogP contribution in [0, 0.1) is 0 Å². The fourth-order valence-electron chi connectivity index (χ4n) is 1.23. The summed E-state index contributed by atoms with van der Waals surface area (Å²) in [5, 5.41) is 0. The van der Waals surface area contributed by atoms with Gasteiger partial charge in [-0.1, -0.05) is 12.1 Å². The van der Waals surface area contributed by atoms with Crippen molar-refractivity contribution in [2.45, 2.75) is 19.8 Å². The first-order valence-electron chi connectivity index (χ1n) is 4.64. The van der Waals surface area contributed by atoms with Crippen molar-refractivity contribution in [1.82, 2.24) is 0 Å². The quantitative estimate of drug-likeness (QED) is 0.660. The third kappa shape index (κ3) is 3.69. The summed E-state index contributed by atoms with van der Waals surface area (Å²) in [5.41, 5.74) is 1.30. The van der Waals surface area contributed by atoms with Gasteiger partial charge in [0.05, 0.1) is 6.61 Å². The molecule has 0 amide bonds. The number of hydrogen-bond donors (Lipinski definition) is 0. The summed E-state index contributed by atoms with van der Waals surface area (Å²) >= 11 is 5.62. The number of benzene rings is 1. The van der Waals surface area contributed by atoms with Crippen LogP contribution in [0.4, 0.5) is 0 Å². The van der Waals surface area contributed by atoms with Gasteiger partial charge in [-0.15, -0.1) is 11.6 Å². The largest absolute Gasteiger partial charge is 0.494 e. The van der Waals surface area contributed by atoms with E-state index < -0.39 is 0 Å². The lowest BCUT2D eigenvalue weighted by Gasteiger charge is -2.04. The first kappa shape index (κ1) is 10.4. The molecule has 1 aromatic carbocycles. The molecular formula is C11H15ClO. The molecule has 0 radical (unpaired) electrons. The Bertz CT molecular complexity index is 248. The van der Waals surface area contributed by atoms with E-state index in [0.717, 1.165) is 31.1 Å². The fourth-order valence-corrected chi connectivity index (χ4v) is 1.36. The van der Waals surface area contributed by atoms with Gasteiger partial charge in [-0.3, -0.25) is 0 Å². The molecule has 1 aromatic rings. The van der Waals surface area contributed by atoms with Gasteiger partial charge in [0.2, 0.25) is 0 Å². The summed E-state index contributed by atoms with van der Waals surface area (Å²) in [6.07, 6.45) is 2.06. The zero-order valence-corrected chi connectivity index (χ0v) is 8.68. The molecular weight excluding hydrogens is 184 g/mol. The van der Waals surface area contributed by atoms with Gasteiger partial charge >= 0.3 is 0 Å². The highest BCUT2D eigenvalue weighted by Crippen LogP contribution is 2.14. The maximum Gasteiger partial charge on any atom is 0.119 e. The second kappa shape index (κ2) is 5.87. The number of hydrogen-bond acceptors (Lipinski definition) is 1. The highest BCUT2D eigenvalue weighted by atomic mass is 35.5. The van der Waals surface area contributed by atoms with Crippen LogP contribution in [0.1, 0.15) is 18.9 Å². The van der Waals surface area contributed by atoms with Crippen LogP contribution >= 0.6 is 11.6 Å². The summed E-state index contributed by atoms with van der Waals surface area (Å²) in [5.74, 6) is 1.67. The first-order chi connectivity index (χ1) is 6.36. The Hall–Kier alpha value is -0.690. The smallest absolute Gasteiger partial charge is 0.119 e. The molecule has 0 unspecified atom stereocenters. The van der Waals surface area contributed by atoms with Crippen LogP contribution in [-0.2, 0) is 6.42 Å². The van der Waals surface area contributed by atoms with Crippen molar-refractivity contribution in [3.8, 4) is 5.75 Å². The lowest BCUT2D eigenvalue weighted by molar-refractivity contribution is 0.340. The fraction of sp³-hybridized carbons (Fsp3) is 0.455. The van der Waals surface area contributed by atoms with Gasteiger partial charge < -0.3 is 4.74 Å². The van der Waals surface area contributed by atoms with Crippen LogP contribution in [0.15, 0.2) is 24.3 Å². The van der Waals surface area contributed by atoms with Gasteiger partial charge in [-0.25, -0.2) is 0 Å². The van der Waals surface area contributed by atoms with E-state index in [1.807, 2.05) is 19.1 Å². The molecule has 1 nitrogen and oxygen atoms in total. The molecule has 0 N–H and O–H groups in total. The first-order valence-corrected chi connectivity index (χ1v) is 5.18. The van der Waals surface area contributed by atoms with E-state index in [1.54, 1.807) is 0 Å². The van der Waals surface area contributed by atoms with E-state index in [2.05, 4.69) is 12.1 Å². The third-order valence-electron chi connectivity index (χ3n) is 1.81. The maximum absolute atomic E-state index is 5.62. The number of alkyl halides is 1. The SMILES string of the molecule is CCOc1cccc(CCCCl)c1. The molecule has 1 rings (SSSR count). The van der Waals surface area contributed by atoms with Crippen LogP contribution in [0.25, 0.3) is 0 Å². The minimum Gasteiger partial charge on any atom is -0.494 e. The van der Waals surface area contributed by atoms with Crippen molar-refractivity contribution in [1.29, 1.82) is 0 Å². The standard InChI is InChI=1S/C11H15ClO/c1-2-13-11-7-3-5-10(9-11)6-4-8-12/h3,5,7,9H,2,4,6,8H2,1H3. The van der Waals surface area contributed by atoms with Crippen LogP contribution in [0.2, 0.25) is 0 Å². The lowest BCUT2D eigenvalue weighted by atomic mass is 10.1. The molecule has 0 saturated carbocycles. The zero-order chi connectivity index (χ0) is 9.52. The Balaban J connectivity index is 2.56. The summed E-state index contributed by atoms with van der Waals surface area (Å²) in [4.78, 5) is 0. The molecule has 0 bridgehead atoms. The van der Waals surface area contributed by atoms with Crippen LogP contribution in [-0.4, -0.2) is 12.5 Å². The van der Waals surface area contributed by atoms with Gasteiger partial charge in [-0.05, 0) is 37.5 Å². The maximum atomic E-state index is 5.62. The molecule has 72 valence electrons. The second-order valence-electron chi connectivity index (χ2n) is 2.87. The molecule has 0 saturated heterocycles. The van der Waals surface area contributed by atoms with E-state index in [-0.39, 0.29) is 0 Å². The predicted octanol–water partition coefficient (Wildman–Crippen LogP) is 3.26. The van der Waals surface area contributed by atoms with E-state index in [1.165, 1.54) is 5.56 Å². The van der Waals surface area contributed by atoms with Gasteiger partial charge in [0.25, 0.3) is 0 Å². The highest BCUT2D eigenvalue weighted by molar-refractivity contribution is 6.17. The predicted molar refractivity (Wildman–Crippen MR) is 56.7 cm³/mol. The molecule has 0 aromatic heterocycles. The van der Waals surface area contributed by atoms with Crippen molar-refractivity contribution in [3.63, 3.8) is 0 Å². The molecule has 0 atom stereocenters. The molecule has 0 spiro atoms. The highest BCUT2D eigenvalue weighted by Gasteiger charge is 1.95. The minimum atomic E-state index is 0.721. The molecule has 0 aliphatic rings. The number of ether oxygens (including phenoxy) is 1. The lowest BCUT2D eigenvalue weighted by Crippen LogP contribution is -1.93. The second-order valence-corrected chi connectivity index (χ2v) is 3.25. The van der Waals surface area contributed by atoms with Crippen molar-refractivity contribution >= 4 is 11.6 Å².